The van der Waals surface area contributed by atoms with Crippen molar-refractivity contribution in [3.05, 3.63) is 54.6 Å². The van der Waals surface area contributed by atoms with Crippen LogP contribution in [0.5, 0.6) is 5.75 Å². The van der Waals surface area contributed by atoms with Crippen LogP contribution >= 0.6 is 0 Å². The number of hydrogen-bond acceptors (Lipinski definition) is 14. The van der Waals surface area contributed by atoms with E-state index in [4.69, 9.17) is 4.55 Å². The zero-order valence-corrected chi connectivity index (χ0v) is 25.9. The maximum Gasteiger partial charge on any atom is 0.397 e. The van der Waals surface area contributed by atoms with Crippen LogP contribution in [0.3, 0.4) is 0 Å². The molecule has 0 unspecified atom stereocenters. The van der Waals surface area contributed by atoms with Gasteiger partial charge in [-0.3, -0.25) is 18.2 Å². The van der Waals surface area contributed by atoms with E-state index < -0.39 is 110 Å². The summed E-state index contributed by atoms with van der Waals surface area (Å²) in [5.74, 6) is -1.97. The van der Waals surface area contributed by atoms with Gasteiger partial charge in [0.25, 0.3) is 30.4 Å². The number of nitrogens with zero attached hydrogens (tertiary/aromatic N) is 2. The Balaban J connectivity index is 1.90. The third kappa shape index (κ3) is 7.43. The number of rotatable bonds is 10. The van der Waals surface area contributed by atoms with Crippen LogP contribution in [-0.2, 0) is 54.8 Å². The van der Waals surface area contributed by atoms with E-state index in [0.717, 1.165) is 48.5 Å². The smallest absolute Gasteiger partial charge is 0.397 e. The molecule has 4 aromatic carbocycles. The average molecular weight is 727 g/mol. The molecule has 0 aliphatic rings. The summed E-state index contributed by atoms with van der Waals surface area (Å²) in [5.41, 5.74) is -1.47. The van der Waals surface area contributed by atoms with E-state index in [1.54, 1.807) is 0 Å². The van der Waals surface area contributed by atoms with Crippen LogP contribution in [0.1, 0.15) is 0 Å². The van der Waals surface area contributed by atoms with Crippen LogP contribution in [-0.4, -0.2) is 77.8 Å². The lowest BCUT2D eigenvalue weighted by Gasteiger charge is -2.12. The fourth-order valence-electron chi connectivity index (χ4n) is 4.17. The second kappa shape index (κ2) is 11.6. The summed E-state index contributed by atoms with van der Waals surface area (Å²) in [6.45, 7) is -0.943. The first-order valence-corrected chi connectivity index (χ1v) is 18.9. The summed E-state index contributed by atoms with van der Waals surface area (Å²) in [5, 5.41) is 16.3. The quantitative estimate of drug-likeness (QED) is 0.116. The first-order valence-electron chi connectivity index (χ1n) is 11.5. The molecule has 242 valence electrons. The van der Waals surface area contributed by atoms with Crippen molar-refractivity contribution in [2.45, 2.75) is 19.6 Å². The molecule has 0 fully saturated rings. The number of hydrogen-bond donors (Lipinski definition) is 5. The number of benzene rings is 4. The van der Waals surface area contributed by atoms with Crippen LogP contribution in [0.25, 0.3) is 21.5 Å². The fourth-order valence-corrected chi connectivity index (χ4v) is 7.95. The predicted octanol–water partition coefficient (Wildman–Crippen LogP) is 2.45. The maximum absolute atomic E-state index is 12.6. The zero-order chi connectivity index (χ0) is 33.8. The fraction of sp³-hybridized carbons (Fsp3) is 0.0909. The first-order chi connectivity index (χ1) is 20.5. The van der Waals surface area contributed by atoms with E-state index >= 15 is 0 Å². The minimum absolute atomic E-state index is 0.0987. The number of phenolic OH excluding ortho intramolecular Hbond substituents is 1. The van der Waals surface area contributed by atoms with Crippen LogP contribution < -0.4 is 0 Å². The van der Waals surface area contributed by atoms with Gasteiger partial charge in [0.15, 0.2) is 15.6 Å². The predicted molar refractivity (Wildman–Crippen MR) is 153 cm³/mol. The molecule has 0 saturated carbocycles. The molecule has 0 spiro atoms. The first kappa shape index (κ1) is 34.2. The Morgan fingerprint density at radius 1 is 0.644 bits per heavy atom. The highest BCUT2D eigenvalue weighted by Crippen LogP contribution is 2.43. The molecule has 4 rings (SSSR count). The van der Waals surface area contributed by atoms with Crippen LogP contribution in [0.2, 0.25) is 0 Å². The zero-order valence-electron chi connectivity index (χ0n) is 21.8. The SMILES string of the molecule is O=S(=O)(O)OCCS(=O)(=O)c1ccc2c(S(=O)(=O)O)c(/N=N/c3cc(S(=O)(=O)O)c4cccc(S(=O)(=O)O)c4c3O)ccc2c1. The van der Waals surface area contributed by atoms with Gasteiger partial charge in [0.2, 0.25) is 0 Å². The highest BCUT2D eigenvalue weighted by molar-refractivity contribution is 7.91. The Morgan fingerprint density at radius 3 is 1.84 bits per heavy atom. The van der Waals surface area contributed by atoms with Crippen molar-refractivity contribution in [1.82, 2.24) is 0 Å². The second-order valence-electron chi connectivity index (χ2n) is 8.91. The molecule has 0 radical (unpaired) electrons. The Bertz CT molecular complexity index is 2480. The van der Waals surface area contributed by atoms with Crippen molar-refractivity contribution in [1.29, 1.82) is 0 Å². The summed E-state index contributed by atoms with van der Waals surface area (Å²) < 4.78 is 161. The lowest BCUT2D eigenvalue weighted by Crippen LogP contribution is -2.15. The van der Waals surface area contributed by atoms with Gasteiger partial charge < -0.3 is 5.11 Å². The summed E-state index contributed by atoms with van der Waals surface area (Å²) in [6, 6.07) is 8.29. The number of phenols is 1. The molecule has 5 N–H and O–H groups in total. The molecular formula is C22H18N2O16S5. The largest absolute Gasteiger partial charge is 0.505 e. The molecular weight excluding hydrogens is 709 g/mol. The van der Waals surface area contributed by atoms with Crippen molar-refractivity contribution >= 4 is 83.5 Å². The van der Waals surface area contributed by atoms with Gasteiger partial charge in [-0.05, 0) is 35.7 Å². The molecule has 0 aliphatic heterocycles. The van der Waals surface area contributed by atoms with Crippen LogP contribution in [0.4, 0.5) is 11.4 Å². The Labute approximate surface area is 254 Å². The molecule has 0 aromatic heterocycles. The third-order valence-corrected chi connectivity index (χ3v) is 10.9. The summed E-state index contributed by atoms with van der Waals surface area (Å²) in [7, 11) is -24.6. The molecule has 23 heteroatoms. The summed E-state index contributed by atoms with van der Waals surface area (Å²) >= 11 is 0. The summed E-state index contributed by atoms with van der Waals surface area (Å²) in [6.07, 6.45) is 0. The molecule has 0 bridgehead atoms. The number of sulfone groups is 1. The molecule has 0 saturated heterocycles. The van der Waals surface area contributed by atoms with Crippen molar-refractivity contribution in [3.8, 4) is 5.75 Å². The topological polar surface area (TPSA) is 306 Å². The average Bonchev–Trinajstić information content (AvgIpc) is 2.89. The third-order valence-electron chi connectivity index (χ3n) is 5.98. The van der Waals surface area contributed by atoms with Crippen molar-refractivity contribution in [2.24, 2.45) is 10.2 Å². The van der Waals surface area contributed by atoms with Crippen molar-refractivity contribution in [2.75, 3.05) is 12.4 Å². The Hall–Kier alpha value is -3.65. The number of fused-ring (bicyclic) bond motifs is 2. The van der Waals surface area contributed by atoms with E-state index in [0.29, 0.717) is 6.07 Å². The molecule has 0 amide bonds. The highest BCUT2D eigenvalue weighted by Gasteiger charge is 2.26. The Morgan fingerprint density at radius 2 is 1.27 bits per heavy atom. The molecule has 0 atom stereocenters. The van der Waals surface area contributed by atoms with E-state index in [1.165, 1.54) is 0 Å². The highest BCUT2D eigenvalue weighted by atomic mass is 32.3. The van der Waals surface area contributed by atoms with Gasteiger partial charge in [-0.25, -0.2) is 12.6 Å². The van der Waals surface area contributed by atoms with E-state index in [2.05, 4.69) is 14.4 Å². The molecule has 4 aromatic rings. The van der Waals surface area contributed by atoms with Gasteiger partial charge in [-0.1, -0.05) is 24.3 Å². The van der Waals surface area contributed by atoms with E-state index in [-0.39, 0.29) is 10.8 Å². The lowest BCUT2D eigenvalue weighted by molar-refractivity contribution is 0.284. The van der Waals surface area contributed by atoms with E-state index in [1.807, 2.05) is 0 Å². The van der Waals surface area contributed by atoms with Gasteiger partial charge in [0, 0.05) is 16.2 Å². The number of aromatic hydroxyl groups is 1. The minimum atomic E-state index is -5.17. The second-order valence-corrected chi connectivity index (χ2v) is 16.3. The minimum Gasteiger partial charge on any atom is -0.505 e. The standard InChI is InChI=1S/C22H18N2O16S5/c25-21-17(11-19(43(31,32)33)15-2-1-3-18(20(15)21)42(28,29)30)24-23-16-7-4-12-10-13(5-6-14(12)22(16)44(34,35)36)41(26,27)9-8-40-45(37,38)39/h1-7,10-11,25H,8-9H2,(H,28,29,30)(H,31,32,33)(H,34,35,36)(H,37,38,39)/b24-23+. The van der Waals surface area contributed by atoms with Gasteiger partial charge >= 0.3 is 10.4 Å². The van der Waals surface area contributed by atoms with Crippen LogP contribution in [0, 0.1) is 0 Å². The van der Waals surface area contributed by atoms with Gasteiger partial charge in [0.1, 0.15) is 26.1 Å². The molecule has 45 heavy (non-hydrogen) atoms. The van der Waals surface area contributed by atoms with Crippen molar-refractivity contribution < 1.29 is 69.6 Å². The van der Waals surface area contributed by atoms with Crippen LogP contribution in [0.15, 0.2) is 84.4 Å². The number of azo groups is 1. The molecule has 0 heterocycles. The normalized spacial score (nSPS) is 13.6. The van der Waals surface area contributed by atoms with Gasteiger partial charge in [-0.15, -0.1) is 10.2 Å². The van der Waals surface area contributed by atoms with Crippen molar-refractivity contribution in [3.63, 3.8) is 0 Å². The van der Waals surface area contributed by atoms with Gasteiger partial charge in [-0.2, -0.15) is 33.7 Å². The van der Waals surface area contributed by atoms with E-state index in [9.17, 15) is 60.9 Å². The summed E-state index contributed by atoms with van der Waals surface area (Å²) in [4.78, 5) is -3.31. The maximum atomic E-state index is 12.6. The monoisotopic (exact) mass is 726 g/mol. The molecule has 18 nitrogen and oxygen atoms in total. The molecule has 0 aliphatic carbocycles. The Kier molecular flexibility index (Phi) is 8.83. The van der Waals surface area contributed by atoms with Gasteiger partial charge in [0.05, 0.1) is 17.3 Å². The lowest BCUT2D eigenvalue weighted by atomic mass is 10.1.